The fourth-order valence-electron chi connectivity index (χ4n) is 1.79. The molecule has 92 valence electrons. The molecular weight excluding hydrogens is 226 g/mol. The van der Waals surface area contributed by atoms with Crippen LogP contribution in [-0.2, 0) is 0 Å². The van der Waals surface area contributed by atoms with Crippen molar-refractivity contribution in [3.05, 3.63) is 53.2 Å². The van der Waals surface area contributed by atoms with E-state index in [0.29, 0.717) is 11.4 Å². The van der Waals surface area contributed by atoms with Gasteiger partial charge in [-0.25, -0.2) is 4.98 Å². The third kappa shape index (κ3) is 2.48. The molecule has 1 heterocycles. The van der Waals surface area contributed by atoms with Crippen molar-refractivity contribution in [2.75, 3.05) is 11.1 Å². The molecule has 4 nitrogen and oxygen atoms in total. The van der Waals surface area contributed by atoms with Crippen molar-refractivity contribution in [3.63, 3.8) is 0 Å². The number of hydrogen-bond donors (Lipinski definition) is 2. The number of benzene rings is 1. The van der Waals surface area contributed by atoms with Crippen LogP contribution in [0.25, 0.3) is 0 Å². The first-order chi connectivity index (χ1) is 8.58. The van der Waals surface area contributed by atoms with Crippen LogP contribution in [0.15, 0.2) is 36.5 Å². The molecule has 0 atom stereocenters. The quantitative estimate of drug-likeness (QED) is 0.849. The van der Waals surface area contributed by atoms with Crippen LogP contribution in [0.1, 0.15) is 21.5 Å². The second kappa shape index (κ2) is 4.87. The second-order valence-corrected chi connectivity index (χ2v) is 4.19. The molecule has 2 rings (SSSR count). The minimum absolute atomic E-state index is 0.179. The molecule has 0 saturated carbocycles. The molecule has 0 unspecified atom stereocenters. The van der Waals surface area contributed by atoms with Crippen molar-refractivity contribution in [3.8, 4) is 0 Å². The molecule has 1 aromatic carbocycles. The monoisotopic (exact) mass is 241 g/mol. The number of hydrogen-bond acceptors (Lipinski definition) is 3. The Morgan fingerprint density at radius 2 is 1.89 bits per heavy atom. The zero-order chi connectivity index (χ0) is 13.1. The highest BCUT2D eigenvalue weighted by Crippen LogP contribution is 2.20. The predicted octanol–water partition coefficient (Wildman–Crippen LogP) is 2.53. The number of nitrogens with zero attached hydrogens (tertiary/aromatic N) is 1. The van der Waals surface area contributed by atoms with Gasteiger partial charge in [-0.15, -0.1) is 0 Å². The Kier molecular flexibility index (Phi) is 3.28. The highest BCUT2D eigenvalue weighted by Gasteiger charge is 2.09. The van der Waals surface area contributed by atoms with E-state index in [9.17, 15) is 4.79 Å². The van der Waals surface area contributed by atoms with E-state index in [-0.39, 0.29) is 5.91 Å². The Morgan fingerprint density at radius 3 is 2.50 bits per heavy atom. The number of rotatable bonds is 2. The molecule has 0 fully saturated rings. The van der Waals surface area contributed by atoms with E-state index < -0.39 is 0 Å². The Labute approximate surface area is 106 Å². The molecule has 3 N–H and O–H groups in total. The van der Waals surface area contributed by atoms with Gasteiger partial charge in [-0.1, -0.05) is 18.2 Å². The maximum atomic E-state index is 12.1. The van der Waals surface area contributed by atoms with E-state index in [1.165, 1.54) is 6.20 Å². The molecule has 2 aromatic rings. The summed E-state index contributed by atoms with van der Waals surface area (Å²) in [6.07, 6.45) is 1.52. The average Bonchev–Trinajstić information content (AvgIpc) is 2.34. The lowest BCUT2D eigenvalue weighted by atomic mass is 10.1. The van der Waals surface area contributed by atoms with Gasteiger partial charge in [-0.2, -0.15) is 0 Å². The number of nitrogens with two attached hydrogens (primary N) is 1. The van der Waals surface area contributed by atoms with Crippen LogP contribution in [-0.4, -0.2) is 10.9 Å². The Hall–Kier alpha value is -2.36. The number of amides is 1. The summed E-state index contributed by atoms with van der Waals surface area (Å²) in [4.78, 5) is 15.9. The number of carbonyl (C=O) groups is 1. The van der Waals surface area contributed by atoms with E-state index in [0.717, 1.165) is 16.8 Å². The summed E-state index contributed by atoms with van der Waals surface area (Å²) in [5, 5.41) is 2.90. The minimum atomic E-state index is -0.179. The number of pyridine rings is 1. The number of anilines is 2. The molecule has 0 aliphatic carbocycles. The number of aryl methyl sites for hydroxylation is 2. The molecule has 0 spiro atoms. The van der Waals surface area contributed by atoms with E-state index in [1.54, 1.807) is 12.1 Å². The third-order valence-corrected chi connectivity index (χ3v) is 2.76. The maximum Gasteiger partial charge on any atom is 0.255 e. The maximum absolute atomic E-state index is 12.1. The molecule has 0 bridgehead atoms. The number of carbonyl (C=O) groups excluding carboxylic acids is 1. The summed E-state index contributed by atoms with van der Waals surface area (Å²) < 4.78 is 0. The Bertz CT molecular complexity index is 573. The number of nitrogens with one attached hydrogen (secondary N) is 1. The normalized spacial score (nSPS) is 10.1. The lowest BCUT2D eigenvalue weighted by molar-refractivity contribution is 0.102. The Balaban J connectivity index is 2.27. The average molecular weight is 241 g/mol. The first-order valence-electron chi connectivity index (χ1n) is 5.67. The van der Waals surface area contributed by atoms with Crippen LogP contribution in [0.4, 0.5) is 11.5 Å². The smallest absolute Gasteiger partial charge is 0.255 e. The fraction of sp³-hybridized carbons (Fsp3) is 0.143. The molecule has 18 heavy (non-hydrogen) atoms. The topological polar surface area (TPSA) is 68.0 Å². The first kappa shape index (κ1) is 12.1. The van der Waals surface area contributed by atoms with Crippen molar-refractivity contribution < 1.29 is 4.79 Å². The van der Waals surface area contributed by atoms with Gasteiger partial charge >= 0.3 is 0 Å². The summed E-state index contributed by atoms with van der Waals surface area (Å²) in [5.41, 5.74) is 8.97. The molecule has 0 saturated heterocycles. The summed E-state index contributed by atoms with van der Waals surface area (Å²) in [6, 6.07) is 9.08. The minimum Gasteiger partial charge on any atom is -0.384 e. The van der Waals surface area contributed by atoms with E-state index in [2.05, 4.69) is 10.3 Å². The number of nitrogen functional groups attached to an aromatic ring is 1. The largest absolute Gasteiger partial charge is 0.384 e. The van der Waals surface area contributed by atoms with Gasteiger partial charge < -0.3 is 11.1 Å². The molecule has 0 radical (unpaired) electrons. The van der Waals surface area contributed by atoms with E-state index in [4.69, 9.17) is 5.73 Å². The second-order valence-electron chi connectivity index (χ2n) is 4.19. The lowest BCUT2D eigenvalue weighted by Crippen LogP contribution is -2.14. The van der Waals surface area contributed by atoms with E-state index in [1.807, 2.05) is 32.0 Å². The van der Waals surface area contributed by atoms with Crippen molar-refractivity contribution in [2.24, 2.45) is 0 Å². The zero-order valence-electron chi connectivity index (χ0n) is 10.4. The van der Waals surface area contributed by atoms with Crippen molar-refractivity contribution in [1.29, 1.82) is 0 Å². The van der Waals surface area contributed by atoms with Gasteiger partial charge in [0.15, 0.2) is 0 Å². The fourth-order valence-corrected chi connectivity index (χ4v) is 1.79. The van der Waals surface area contributed by atoms with Crippen LogP contribution in [0.2, 0.25) is 0 Å². The lowest BCUT2D eigenvalue weighted by Gasteiger charge is -2.11. The van der Waals surface area contributed by atoms with Crippen LogP contribution >= 0.6 is 0 Å². The van der Waals surface area contributed by atoms with Gasteiger partial charge in [0, 0.05) is 17.4 Å². The molecule has 1 amide bonds. The predicted molar refractivity (Wildman–Crippen MR) is 72.5 cm³/mol. The first-order valence-corrected chi connectivity index (χ1v) is 5.67. The van der Waals surface area contributed by atoms with Crippen LogP contribution < -0.4 is 11.1 Å². The zero-order valence-corrected chi connectivity index (χ0v) is 10.4. The van der Waals surface area contributed by atoms with Crippen LogP contribution in [0.5, 0.6) is 0 Å². The SMILES string of the molecule is Cc1cccc(C)c1NC(=O)c1ccnc(N)c1. The van der Waals surface area contributed by atoms with Gasteiger partial charge in [0.25, 0.3) is 5.91 Å². The van der Waals surface area contributed by atoms with Crippen molar-refractivity contribution >= 4 is 17.4 Å². The third-order valence-electron chi connectivity index (χ3n) is 2.76. The van der Waals surface area contributed by atoms with Crippen molar-refractivity contribution in [2.45, 2.75) is 13.8 Å². The van der Waals surface area contributed by atoms with Gasteiger partial charge in [0.2, 0.25) is 0 Å². The summed E-state index contributed by atoms with van der Waals surface area (Å²) in [7, 11) is 0. The van der Waals surface area contributed by atoms with Crippen LogP contribution in [0, 0.1) is 13.8 Å². The van der Waals surface area contributed by atoms with Crippen molar-refractivity contribution in [1.82, 2.24) is 4.98 Å². The Morgan fingerprint density at radius 1 is 1.22 bits per heavy atom. The summed E-state index contributed by atoms with van der Waals surface area (Å²) in [5.74, 6) is 0.158. The van der Waals surface area contributed by atoms with Gasteiger partial charge in [-0.3, -0.25) is 4.79 Å². The van der Waals surface area contributed by atoms with Gasteiger partial charge in [-0.05, 0) is 37.1 Å². The van der Waals surface area contributed by atoms with Crippen LogP contribution in [0.3, 0.4) is 0 Å². The highest BCUT2D eigenvalue weighted by molar-refractivity contribution is 6.05. The summed E-state index contributed by atoms with van der Waals surface area (Å²) in [6.45, 7) is 3.92. The van der Waals surface area contributed by atoms with Gasteiger partial charge in [0.05, 0.1) is 0 Å². The molecule has 0 aliphatic rings. The molecule has 4 heteroatoms. The summed E-state index contributed by atoms with van der Waals surface area (Å²) >= 11 is 0. The van der Waals surface area contributed by atoms with E-state index >= 15 is 0 Å². The molecule has 0 aliphatic heterocycles. The molecular formula is C14H15N3O. The molecule has 1 aromatic heterocycles. The number of aromatic nitrogens is 1. The standard InChI is InChI=1S/C14H15N3O/c1-9-4-3-5-10(2)13(9)17-14(18)11-6-7-16-12(15)8-11/h3-8H,1-2H3,(H2,15,16)(H,17,18). The number of para-hydroxylation sites is 1. The van der Waals surface area contributed by atoms with Gasteiger partial charge in [0.1, 0.15) is 5.82 Å². The highest BCUT2D eigenvalue weighted by atomic mass is 16.1.